The van der Waals surface area contributed by atoms with Crippen LogP contribution < -0.4 is 10.3 Å². The Hall–Kier alpha value is -2.57. The fourth-order valence-electron chi connectivity index (χ4n) is 5.01. The lowest BCUT2D eigenvalue weighted by Crippen LogP contribution is -2.39. The van der Waals surface area contributed by atoms with E-state index in [0.29, 0.717) is 15.9 Å². The molecule has 7 heteroatoms. The molecular weight excluding hydrogens is 444 g/mol. The maximum atomic E-state index is 13.6. The van der Waals surface area contributed by atoms with Gasteiger partial charge in [0.2, 0.25) is 0 Å². The molecule has 32 heavy (non-hydrogen) atoms. The van der Waals surface area contributed by atoms with Gasteiger partial charge in [0.25, 0.3) is 5.56 Å². The molecule has 0 aliphatic heterocycles. The van der Waals surface area contributed by atoms with Crippen LogP contribution in [-0.2, 0) is 23.7 Å². The zero-order valence-electron chi connectivity index (χ0n) is 17.8. The summed E-state index contributed by atoms with van der Waals surface area (Å²) < 4.78 is 6.96. The molecule has 0 atom stereocenters. The molecule has 5 rings (SSSR count). The molecular formula is C25H23ClN2O3S. The first-order valence-corrected chi connectivity index (χ1v) is 12.1. The maximum absolute atomic E-state index is 13.6. The Kier molecular flexibility index (Phi) is 5.59. The molecule has 1 saturated carbocycles. The van der Waals surface area contributed by atoms with Crippen molar-refractivity contribution in [1.82, 2.24) is 9.55 Å². The second-order valence-corrected chi connectivity index (χ2v) is 9.90. The first-order valence-electron chi connectivity index (χ1n) is 10.8. The van der Waals surface area contributed by atoms with E-state index >= 15 is 0 Å². The molecule has 3 aromatic rings. The number of halogens is 1. The topological polar surface area (TPSA) is 61.2 Å². The van der Waals surface area contributed by atoms with Crippen molar-refractivity contribution >= 4 is 29.3 Å². The Labute approximate surface area is 195 Å². The van der Waals surface area contributed by atoms with Crippen molar-refractivity contribution in [1.29, 1.82) is 0 Å². The maximum Gasteiger partial charge on any atom is 0.321 e. The third kappa shape index (κ3) is 3.76. The summed E-state index contributed by atoms with van der Waals surface area (Å²) in [6.45, 7) is 0. The van der Waals surface area contributed by atoms with Crippen molar-refractivity contribution in [2.45, 2.75) is 42.7 Å². The van der Waals surface area contributed by atoms with Crippen LogP contribution in [0.2, 0.25) is 5.02 Å². The molecule has 2 aliphatic rings. The van der Waals surface area contributed by atoms with Crippen LogP contribution in [0.5, 0.6) is 5.75 Å². The van der Waals surface area contributed by atoms with Crippen LogP contribution in [0.4, 0.5) is 0 Å². The highest BCUT2D eigenvalue weighted by atomic mass is 35.5. The summed E-state index contributed by atoms with van der Waals surface area (Å²) in [6.07, 6.45) is 5.21. The molecule has 1 heterocycles. The van der Waals surface area contributed by atoms with Crippen molar-refractivity contribution in [2.75, 3.05) is 5.75 Å². The van der Waals surface area contributed by atoms with Crippen molar-refractivity contribution < 1.29 is 9.53 Å². The quantitative estimate of drug-likeness (QED) is 0.230. The molecule has 0 radical (unpaired) electrons. The number of hydrogen-bond donors (Lipinski definition) is 0. The van der Waals surface area contributed by atoms with E-state index in [9.17, 15) is 9.59 Å². The SMILES string of the molecule is Cn1c(SCC(=O)Oc2ccc(Cl)cc2)nc2c(c1=O)C1(CCCC1)Cc1ccccc1-2. The van der Waals surface area contributed by atoms with E-state index in [1.807, 2.05) is 12.1 Å². The van der Waals surface area contributed by atoms with E-state index in [-0.39, 0.29) is 16.7 Å². The van der Waals surface area contributed by atoms with Gasteiger partial charge in [-0.25, -0.2) is 4.98 Å². The van der Waals surface area contributed by atoms with Gasteiger partial charge in [-0.1, -0.05) is 60.5 Å². The minimum Gasteiger partial charge on any atom is -0.426 e. The number of rotatable bonds is 4. The second-order valence-electron chi connectivity index (χ2n) is 8.52. The molecule has 2 aliphatic carbocycles. The van der Waals surface area contributed by atoms with E-state index in [1.54, 1.807) is 35.9 Å². The van der Waals surface area contributed by atoms with Crippen LogP contribution in [0.15, 0.2) is 58.5 Å². The summed E-state index contributed by atoms with van der Waals surface area (Å²) in [5.74, 6) is 0.0791. The number of aromatic nitrogens is 2. The number of ether oxygens (including phenoxy) is 1. The molecule has 0 unspecified atom stereocenters. The van der Waals surface area contributed by atoms with Gasteiger partial charge in [0.1, 0.15) is 5.75 Å². The van der Waals surface area contributed by atoms with Crippen LogP contribution in [0.3, 0.4) is 0 Å². The molecule has 0 bridgehead atoms. The van der Waals surface area contributed by atoms with Gasteiger partial charge in [0, 0.05) is 23.0 Å². The second kappa shape index (κ2) is 8.41. The third-order valence-corrected chi connectivity index (χ3v) is 7.76. The highest BCUT2D eigenvalue weighted by Crippen LogP contribution is 2.49. The summed E-state index contributed by atoms with van der Waals surface area (Å²) in [6, 6.07) is 14.9. The van der Waals surface area contributed by atoms with E-state index in [2.05, 4.69) is 12.1 Å². The Morgan fingerprint density at radius 3 is 2.62 bits per heavy atom. The van der Waals surface area contributed by atoms with Crippen molar-refractivity contribution in [3.8, 4) is 17.0 Å². The van der Waals surface area contributed by atoms with Crippen LogP contribution >= 0.6 is 23.4 Å². The molecule has 0 N–H and O–H groups in total. The van der Waals surface area contributed by atoms with Gasteiger partial charge in [0.15, 0.2) is 5.16 Å². The largest absolute Gasteiger partial charge is 0.426 e. The predicted molar refractivity (Wildman–Crippen MR) is 127 cm³/mol. The van der Waals surface area contributed by atoms with E-state index < -0.39 is 5.97 Å². The van der Waals surface area contributed by atoms with Crippen LogP contribution in [-0.4, -0.2) is 21.3 Å². The van der Waals surface area contributed by atoms with Gasteiger partial charge < -0.3 is 4.74 Å². The lowest BCUT2D eigenvalue weighted by Gasteiger charge is -2.36. The van der Waals surface area contributed by atoms with Gasteiger partial charge in [-0.3, -0.25) is 14.2 Å². The van der Waals surface area contributed by atoms with E-state index in [4.69, 9.17) is 21.3 Å². The lowest BCUT2D eigenvalue weighted by atomic mass is 9.68. The minimum absolute atomic E-state index is 0.0000262. The highest BCUT2D eigenvalue weighted by Gasteiger charge is 2.44. The number of esters is 1. The summed E-state index contributed by atoms with van der Waals surface area (Å²) in [7, 11) is 1.74. The minimum atomic E-state index is -0.406. The fourth-order valence-corrected chi connectivity index (χ4v) is 5.87. The van der Waals surface area contributed by atoms with Crippen LogP contribution in [0.25, 0.3) is 11.3 Å². The first-order chi connectivity index (χ1) is 15.5. The Balaban J connectivity index is 1.47. The van der Waals surface area contributed by atoms with Crippen LogP contribution in [0, 0.1) is 0 Å². The van der Waals surface area contributed by atoms with Crippen LogP contribution in [0.1, 0.15) is 36.8 Å². The molecule has 1 aromatic heterocycles. The third-order valence-electron chi connectivity index (χ3n) is 6.51. The predicted octanol–water partition coefficient (Wildman–Crippen LogP) is 5.17. The van der Waals surface area contributed by atoms with Crippen molar-refractivity contribution in [2.24, 2.45) is 7.05 Å². The fraction of sp³-hybridized carbons (Fsp3) is 0.320. The number of carbonyl (C=O) groups excluding carboxylic acids is 1. The summed E-state index contributed by atoms with van der Waals surface area (Å²) in [5, 5.41) is 1.10. The van der Waals surface area contributed by atoms with Gasteiger partial charge in [-0.2, -0.15) is 0 Å². The Bertz CT molecular complexity index is 1250. The van der Waals surface area contributed by atoms with Gasteiger partial charge in [0.05, 0.1) is 17.0 Å². The number of thioether (sulfide) groups is 1. The monoisotopic (exact) mass is 466 g/mol. The Morgan fingerprint density at radius 2 is 1.88 bits per heavy atom. The zero-order valence-corrected chi connectivity index (χ0v) is 19.3. The number of carbonyl (C=O) groups is 1. The Morgan fingerprint density at radius 1 is 1.16 bits per heavy atom. The molecule has 0 amide bonds. The normalized spacial score (nSPS) is 15.9. The van der Waals surface area contributed by atoms with Crippen molar-refractivity contribution in [3.63, 3.8) is 0 Å². The molecule has 1 spiro atoms. The van der Waals surface area contributed by atoms with E-state index in [1.165, 1.54) is 17.3 Å². The highest BCUT2D eigenvalue weighted by molar-refractivity contribution is 7.99. The summed E-state index contributed by atoms with van der Waals surface area (Å²) >= 11 is 7.10. The zero-order chi connectivity index (χ0) is 22.3. The molecule has 0 saturated heterocycles. The van der Waals surface area contributed by atoms with Gasteiger partial charge in [-0.15, -0.1) is 0 Å². The number of nitrogens with zero attached hydrogens (tertiary/aromatic N) is 2. The number of fused-ring (bicyclic) bond motifs is 4. The molecule has 2 aromatic carbocycles. The number of benzene rings is 2. The smallest absolute Gasteiger partial charge is 0.321 e. The average Bonchev–Trinajstić information content (AvgIpc) is 3.25. The average molecular weight is 467 g/mol. The van der Waals surface area contributed by atoms with E-state index in [0.717, 1.165) is 48.9 Å². The van der Waals surface area contributed by atoms with Gasteiger partial charge in [-0.05, 0) is 49.1 Å². The molecule has 5 nitrogen and oxygen atoms in total. The van der Waals surface area contributed by atoms with Gasteiger partial charge >= 0.3 is 5.97 Å². The number of hydrogen-bond acceptors (Lipinski definition) is 5. The van der Waals surface area contributed by atoms with Crippen molar-refractivity contribution in [3.05, 3.63) is 75.0 Å². The summed E-state index contributed by atoms with van der Waals surface area (Å²) in [5.41, 5.74) is 3.79. The first kappa shape index (κ1) is 21.3. The summed E-state index contributed by atoms with van der Waals surface area (Å²) in [4.78, 5) is 30.8. The lowest BCUT2D eigenvalue weighted by molar-refractivity contribution is -0.131. The molecule has 1 fully saturated rings. The molecule has 164 valence electrons. The standard InChI is InChI=1S/C25H23ClN2O3S/c1-28-23(30)21-22(19-7-3-2-6-16(19)14-25(21)12-4-5-13-25)27-24(28)32-15-20(29)31-18-10-8-17(26)9-11-18/h2-3,6-11H,4-5,12-15H2,1H3.